The normalized spacial score (nSPS) is 37.5. The van der Waals surface area contributed by atoms with Gasteiger partial charge >= 0.3 is 6.11 Å². The third-order valence-corrected chi connectivity index (χ3v) is 1.72. The first-order valence-electron chi connectivity index (χ1n) is 2.61. The highest BCUT2D eigenvalue weighted by Gasteiger charge is 2.51. The monoisotopic (exact) mass is 234 g/mol. The summed E-state index contributed by atoms with van der Waals surface area (Å²) >= 11 is 2.16. The third-order valence-electron chi connectivity index (χ3n) is 1.09. The first-order chi connectivity index (χ1) is 4.86. The van der Waals surface area contributed by atoms with Crippen LogP contribution in [0.2, 0.25) is 0 Å². The molecule has 1 aliphatic rings. The molecule has 1 nitrogen and oxygen atoms in total. The Hall–Kier alpha value is -0.100. The van der Waals surface area contributed by atoms with Crippen molar-refractivity contribution < 1.29 is 22.3 Å². The summed E-state index contributed by atoms with van der Waals surface area (Å²) in [5.41, 5.74) is 0. The van der Waals surface area contributed by atoms with Crippen molar-refractivity contribution in [2.45, 2.75) is 17.0 Å². The maximum atomic E-state index is 12.7. The molecule has 6 heteroatoms. The smallest absolute Gasteiger partial charge is 0.272 e. The molecule has 0 aromatic carbocycles. The number of halogens is 5. The molecule has 0 aromatic heterocycles. The zero-order valence-corrected chi connectivity index (χ0v) is 6.62. The second-order valence-electron chi connectivity index (χ2n) is 2.00. The van der Waals surface area contributed by atoms with Crippen LogP contribution >= 0.6 is 15.9 Å². The molecule has 0 unspecified atom stereocenters. The molecular weight excluding hydrogens is 232 g/mol. The van der Waals surface area contributed by atoms with Crippen molar-refractivity contribution in [1.82, 2.24) is 0 Å². The maximum Gasteiger partial charge on any atom is 0.379 e. The summed E-state index contributed by atoms with van der Waals surface area (Å²) in [5.74, 6) is -3.05. The van der Waals surface area contributed by atoms with Crippen LogP contribution in [-0.2, 0) is 4.74 Å². The van der Waals surface area contributed by atoms with Gasteiger partial charge in [-0.1, -0.05) is 0 Å². The summed E-state index contributed by atoms with van der Waals surface area (Å²) in [6.45, 7) is 0. The van der Waals surface area contributed by atoms with Crippen LogP contribution in [0.3, 0.4) is 0 Å². The van der Waals surface area contributed by atoms with Crippen LogP contribution in [0.5, 0.6) is 0 Å². The van der Waals surface area contributed by atoms with Gasteiger partial charge in [-0.2, -0.15) is 8.78 Å². The van der Waals surface area contributed by atoms with E-state index in [0.717, 1.165) is 0 Å². The van der Waals surface area contributed by atoms with E-state index in [1.165, 1.54) is 0 Å². The van der Waals surface area contributed by atoms with Crippen LogP contribution in [0.15, 0.2) is 12.2 Å². The largest absolute Gasteiger partial charge is 0.379 e. The molecule has 0 N–H and O–H groups in total. The highest BCUT2D eigenvalue weighted by Crippen LogP contribution is 2.39. The molecule has 0 aromatic rings. The zero-order valence-electron chi connectivity index (χ0n) is 5.03. The summed E-state index contributed by atoms with van der Waals surface area (Å²) in [4.78, 5) is 0. The minimum absolute atomic E-state index is 0.167. The fourth-order valence-electron chi connectivity index (χ4n) is 0.605. The standard InChI is InChI=1S/C5H3BrF4O/c6-3(7)4(8)1-2-5(9,10)11-4/h1-3H/t3-,4-/m0/s1. The lowest BCUT2D eigenvalue weighted by Gasteiger charge is -2.19. The molecule has 64 valence electrons. The Kier molecular flexibility index (Phi) is 2.00. The third kappa shape index (κ3) is 1.73. The van der Waals surface area contributed by atoms with E-state index in [1.54, 1.807) is 0 Å². The van der Waals surface area contributed by atoms with Gasteiger partial charge in [0.15, 0.2) is 0 Å². The van der Waals surface area contributed by atoms with Gasteiger partial charge in [0.1, 0.15) is 0 Å². The van der Waals surface area contributed by atoms with Gasteiger partial charge in [-0.05, 0) is 22.0 Å². The van der Waals surface area contributed by atoms with Crippen LogP contribution in [0.4, 0.5) is 17.6 Å². The highest BCUT2D eigenvalue weighted by atomic mass is 79.9. The first kappa shape index (κ1) is 8.99. The number of hydrogen-bond donors (Lipinski definition) is 0. The molecule has 1 rings (SSSR count). The van der Waals surface area contributed by atoms with Crippen LogP contribution in [0.25, 0.3) is 0 Å². The molecule has 2 atom stereocenters. The molecule has 0 radical (unpaired) electrons. The van der Waals surface area contributed by atoms with Crippen LogP contribution in [0.1, 0.15) is 0 Å². The van der Waals surface area contributed by atoms with E-state index >= 15 is 0 Å². The van der Waals surface area contributed by atoms with E-state index < -0.39 is 17.0 Å². The average molecular weight is 235 g/mol. The van der Waals surface area contributed by atoms with Gasteiger partial charge in [0.25, 0.3) is 5.85 Å². The van der Waals surface area contributed by atoms with Gasteiger partial charge in [-0.3, -0.25) is 4.74 Å². The average Bonchev–Trinajstić information content (AvgIpc) is 2.08. The Morgan fingerprint density at radius 3 is 2.00 bits per heavy atom. The summed E-state index contributed by atoms with van der Waals surface area (Å²) < 4.78 is 52.5. The summed E-state index contributed by atoms with van der Waals surface area (Å²) in [7, 11) is 0. The number of rotatable bonds is 1. The molecule has 1 aliphatic heterocycles. The van der Waals surface area contributed by atoms with Crippen LogP contribution < -0.4 is 0 Å². The van der Waals surface area contributed by atoms with Crippen molar-refractivity contribution in [2.24, 2.45) is 0 Å². The SMILES string of the molecule is F[C@H](Br)[C@]1(F)C=CC(F)(F)O1. The van der Waals surface area contributed by atoms with Crippen molar-refractivity contribution >= 4 is 15.9 Å². The lowest BCUT2D eigenvalue weighted by atomic mass is 10.3. The molecule has 11 heavy (non-hydrogen) atoms. The molecule has 0 saturated heterocycles. The fourth-order valence-corrected chi connectivity index (χ4v) is 0.851. The molecule has 0 fully saturated rings. The Bertz CT molecular complexity index is 193. The van der Waals surface area contributed by atoms with Gasteiger partial charge in [0, 0.05) is 6.08 Å². The molecule has 0 spiro atoms. The van der Waals surface area contributed by atoms with E-state index in [9.17, 15) is 17.6 Å². The van der Waals surface area contributed by atoms with Gasteiger partial charge in [-0.15, -0.1) is 0 Å². The molecule has 0 aliphatic carbocycles. The number of alkyl halides is 5. The predicted molar refractivity (Wildman–Crippen MR) is 32.8 cm³/mol. The summed E-state index contributed by atoms with van der Waals surface area (Å²) in [6.07, 6.45) is -3.21. The Labute approximate surface area is 68.1 Å². The summed E-state index contributed by atoms with van der Waals surface area (Å²) in [5, 5.41) is -2.29. The van der Waals surface area contributed by atoms with Crippen LogP contribution in [0, 0.1) is 0 Å². The Morgan fingerprint density at radius 2 is 1.82 bits per heavy atom. The topological polar surface area (TPSA) is 9.23 Å². The fraction of sp³-hybridized carbons (Fsp3) is 0.600. The minimum Gasteiger partial charge on any atom is -0.272 e. The van der Waals surface area contributed by atoms with Crippen molar-refractivity contribution in [2.75, 3.05) is 0 Å². The zero-order chi connectivity index (χ0) is 8.70. The second-order valence-corrected chi connectivity index (χ2v) is 2.80. The van der Waals surface area contributed by atoms with Crippen molar-refractivity contribution in [1.29, 1.82) is 0 Å². The van der Waals surface area contributed by atoms with Crippen LogP contribution in [-0.4, -0.2) is 17.0 Å². The lowest BCUT2D eigenvalue weighted by Crippen LogP contribution is -2.33. The molecular formula is C5H3BrF4O. The van der Waals surface area contributed by atoms with E-state index in [-0.39, 0.29) is 6.08 Å². The maximum absolute atomic E-state index is 12.7. The molecule has 0 saturated carbocycles. The van der Waals surface area contributed by atoms with E-state index in [4.69, 9.17) is 0 Å². The summed E-state index contributed by atoms with van der Waals surface area (Å²) in [6, 6.07) is 0. The predicted octanol–water partition coefficient (Wildman–Crippen LogP) is 2.52. The molecule has 1 heterocycles. The number of hydrogen-bond acceptors (Lipinski definition) is 1. The van der Waals surface area contributed by atoms with Gasteiger partial charge < -0.3 is 0 Å². The van der Waals surface area contributed by atoms with Gasteiger partial charge in [0.05, 0.1) is 0 Å². The van der Waals surface area contributed by atoms with Crippen molar-refractivity contribution in [3.63, 3.8) is 0 Å². The molecule has 0 bridgehead atoms. The highest BCUT2D eigenvalue weighted by molar-refractivity contribution is 9.09. The lowest BCUT2D eigenvalue weighted by molar-refractivity contribution is -0.278. The van der Waals surface area contributed by atoms with Crippen molar-refractivity contribution in [3.05, 3.63) is 12.2 Å². The van der Waals surface area contributed by atoms with E-state index in [2.05, 4.69) is 20.7 Å². The van der Waals surface area contributed by atoms with Gasteiger partial charge in [0.2, 0.25) is 5.08 Å². The molecule has 0 amide bonds. The Morgan fingerprint density at radius 1 is 1.27 bits per heavy atom. The number of ether oxygens (including phenoxy) is 1. The van der Waals surface area contributed by atoms with Crippen molar-refractivity contribution in [3.8, 4) is 0 Å². The first-order valence-corrected chi connectivity index (χ1v) is 3.53. The minimum atomic E-state index is -3.72. The Balaban J connectivity index is 2.76. The quantitative estimate of drug-likeness (QED) is 0.385. The van der Waals surface area contributed by atoms with E-state index in [1.807, 2.05) is 0 Å². The second kappa shape index (κ2) is 2.45. The van der Waals surface area contributed by atoms with Gasteiger partial charge in [-0.25, -0.2) is 8.78 Å². The van der Waals surface area contributed by atoms with E-state index in [0.29, 0.717) is 6.08 Å².